The first-order valence-corrected chi connectivity index (χ1v) is 9.42. The van der Waals surface area contributed by atoms with Crippen molar-refractivity contribution in [3.63, 3.8) is 0 Å². The Morgan fingerprint density at radius 2 is 1.18 bits per heavy atom. The van der Waals surface area contributed by atoms with E-state index >= 15 is 0 Å². The van der Waals surface area contributed by atoms with E-state index in [1.165, 1.54) is 33.4 Å². The maximum atomic E-state index is 2.21. The van der Waals surface area contributed by atoms with Crippen LogP contribution in [0, 0.1) is 20.3 Å². The second-order valence-corrected chi connectivity index (χ2v) is 6.93. The van der Waals surface area contributed by atoms with Crippen LogP contribution in [0.4, 0.5) is 0 Å². The number of rotatable bonds is 4. The molecule has 0 saturated heterocycles. The molecule has 0 radical (unpaired) electrons. The molecule has 4 aromatic rings. The van der Waals surface area contributed by atoms with Crippen LogP contribution in [0.3, 0.4) is 0 Å². The molecule has 0 amide bonds. The van der Waals surface area contributed by atoms with Crippen molar-refractivity contribution < 1.29 is 26.2 Å². The van der Waals surface area contributed by atoms with Gasteiger partial charge in [-0.25, -0.2) is 12.1 Å². The maximum Gasteiger partial charge on any atom is 2.00 e. The van der Waals surface area contributed by atoms with Crippen molar-refractivity contribution in [2.45, 2.75) is 20.3 Å². The SMILES string of the molecule is Cc1cccc([CH-]c2cccc(C)c2)c1.[Zr+2].c1ccc(C[c-]2cccc2)cc1. The molecule has 4 rings (SSSR count). The van der Waals surface area contributed by atoms with E-state index in [0.717, 1.165) is 6.42 Å². The topological polar surface area (TPSA) is 0 Å². The molecule has 0 aliphatic carbocycles. The molecule has 0 nitrogen and oxygen atoms in total. The van der Waals surface area contributed by atoms with E-state index in [9.17, 15) is 0 Å². The number of benzene rings is 3. The Labute approximate surface area is 188 Å². The van der Waals surface area contributed by atoms with Crippen molar-refractivity contribution in [3.05, 3.63) is 143 Å². The minimum atomic E-state index is 0. The van der Waals surface area contributed by atoms with Crippen LogP contribution in [-0.4, -0.2) is 0 Å². The van der Waals surface area contributed by atoms with Gasteiger partial charge in [-0.3, -0.25) is 0 Å². The molecular formula is C27H26Zr. The summed E-state index contributed by atoms with van der Waals surface area (Å²) >= 11 is 0. The molecule has 0 aliphatic rings. The van der Waals surface area contributed by atoms with E-state index < -0.39 is 0 Å². The first-order chi connectivity index (χ1) is 13.2. The van der Waals surface area contributed by atoms with Crippen molar-refractivity contribution in [1.29, 1.82) is 0 Å². The van der Waals surface area contributed by atoms with Gasteiger partial charge in [-0.15, -0.1) is 41.8 Å². The van der Waals surface area contributed by atoms with E-state index in [-0.39, 0.29) is 26.2 Å². The van der Waals surface area contributed by atoms with Crippen LogP contribution in [0.2, 0.25) is 0 Å². The fraction of sp³-hybridized carbons (Fsp3) is 0.111. The third kappa shape index (κ3) is 7.41. The van der Waals surface area contributed by atoms with E-state index in [1.54, 1.807) is 0 Å². The zero-order chi connectivity index (χ0) is 18.9. The minimum Gasteiger partial charge on any atom is -0.213 e. The summed E-state index contributed by atoms with van der Waals surface area (Å²) < 4.78 is 0. The summed E-state index contributed by atoms with van der Waals surface area (Å²) in [6.07, 6.45) is 3.26. The first-order valence-electron chi connectivity index (χ1n) is 9.42. The summed E-state index contributed by atoms with van der Waals surface area (Å²) in [4.78, 5) is 0. The summed E-state index contributed by atoms with van der Waals surface area (Å²) in [5.41, 5.74) is 7.90. The molecule has 0 aromatic heterocycles. The van der Waals surface area contributed by atoms with Gasteiger partial charge in [-0.05, 0) is 20.3 Å². The van der Waals surface area contributed by atoms with Gasteiger partial charge < -0.3 is 0 Å². The Balaban J connectivity index is 0.000000198. The van der Waals surface area contributed by atoms with Gasteiger partial charge in [-0.1, -0.05) is 71.3 Å². The number of aryl methyl sites for hydroxylation is 2. The molecule has 0 spiro atoms. The van der Waals surface area contributed by atoms with Crippen LogP contribution in [0.1, 0.15) is 33.4 Å². The van der Waals surface area contributed by atoms with Crippen LogP contribution >= 0.6 is 0 Å². The molecular weight excluding hydrogens is 416 g/mol. The average Bonchev–Trinajstić information content (AvgIpc) is 3.16. The molecule has 0 unspecified atom stereocenters. The third-order valence-corrected chi connectivity index (χ3v) is 4.40. The zero-order valence-electron chi connectivity index (χ0n) is 16.6. The summed E-state index contributed by atoms with van der Waals surface area (Å²) in [7, 11) is 0. The smallest absolute Gasteiger partial charge is 0.213 e. The van der Waals surface area contributed by atoms with Gasteiger partial charge in [0.2, 0.25) is 0 Å². The van der Waals surface area contributed by atoms with Gasteiger partial charge >= 0.3 is 26.2 Å². The van der Waals surface area contributed by atoms with Crippen molar-refractivity contribution >= 4 is 0 Å². The van der Waals surface area contributed by atoms with Gasteiger partial charge in [0.15, 0.2) is 0 Å². The Bertz CT molecular complexity index is 893. The van der Waals surface area contributed by atoms with Crippen LogP contribution in [0.15, 0.2) is 103 Å². The molecule has 0 N–H and O–H groups in total. The van der Waals surface area contributed by atoms with Crippen molar-refractivity contribution in [2.24, 2.45) is 0 Å². The summed E-state index contributed by atoms with van der Waals surface area (Å²) in [5.74, 6) is 0. The predicted molar refractivity (Wildman–Crippen MR) is 116 cm³/mol. The molecule has 0 heterocycles. The molecule has 28 heavy (non-hydrogen) atoms. The molecule has 0 atom stereocenters. The maximum absolute atomic E-state index is 2.21. The fourth-order valence-electron chi connectivity index (χ4n) is 3.08. The molecule has 0 aliphatic heterocycles. The molecule has 0 bridgehead atoms. The Morgan fingerprint density at radius 1 is 0.643 bits per heavy atom. The number of hydrogen-bond acceptors (Lipinski definition) is 0. The van der Waals surface area contributed by atoms with Crippen molar-refractivity contribution in [1.82, 2.24) is 0 Å². The van der Waals surface area contributed by atoms with Gasteiger partial charge in [0.1, 0.15) is 0 Å². The molecule has 4 aromatic carbocycles. The standard InChI is InChI=1S/C15H15.C12H11.Zr/c1-12-5-3-7-14(9-12)11-15-8-4-6-13(2)10-15;1-2-6-11(7-3-1)10-12-8-4-5-9-12;/h3-11H,1-2H3;1-9H,10H2;/q2*-1;+2. The third-order valence-electron chi connectivity index (χ3n) is 4.40. The van der Waals surface area contributed by atoms with Crippen molar-refractivity contribution in [3.8, 4) is 0 Å². The molecule has 0 fully saturated rings. The zero-order valence-corrected chi connectivity index (χ0v) is 19.1. The van der Waals surface area contributed by atoms with Crippen LogP contribution in [-0.2, 0) is 32.6 Å². The van der Waals surface area contributed by atoms with Gasteiger partial charge in [-0.2, -0.15) is 17.7 Å². The second-order valence-electron chi connectivity index (χ2n) is 6.93. The molecule has 1 heteroatoms. The summed E-state index contributed by atoms with van der Waals surface area (Å²) in [6.45, 7) is 4.24. The van der Waals surface area contributed by atoms with Gasteiger partial charge in [0, 0.05) is 0 Å². The quantitative estimate of drug-likeness (QED) is 0.302. The summed E-state index contributed by atoms with van der Waals surface area (Å²) in [6, 6.07) is 36.1. The Hall–Kier alpha value is -2.24. The van der Waals surface area contributed by atoms with Crippen LogP contribution in [0.25, 0.3) is 0 Å². The number of hydrogen-bond donors (Lipinski definition) is 0. The summed E-state index contributed by atoms with van der Waals surface area (Å²) in [5, 5.41) is 0. The van der Waals surface area contributed by atoms with Crippen LogP contribution in [0.5, 0.6) is 0 Å². The van der Waals surface area contributed by atoms with E-state index in [4.69, 9.17) is 0 Å². The monoisotopic (exact) mass is 440 g/mol. The molecule has 0 saturated carbocycles. The second kappa shape index (κ2) is 11.6. The van der Waals surface area contributed by atoms with E-state index in [2.05, 4.69) is 123 Å². The van der Waals surface area contributed by atoms with Crippen molar-refractivity contribution in [2.75, 3.05) is 0 Å². The van der Waals surface area contributed by atoms with Gasteiger partial charge in [0.05, 0.1) is 0 Å². The average molecular weight is 442 g/mol. The van der Waals surface area contributed by atoms with E-state index in [1.807, 2.05) is 0 Å². The van der Waals surface area contributed by atoms with Gasteiger partial charge in [0.25, 0.3) is 0 Å². The largest absolute Gasteiger partial charge is 2.00 e. The first kappa shape index (κ1) is 22.1. The molecule has 138 valence electrons. The fourth-order valence-corrected chi connectivity index (χ4v) is 3.08. The minimum absolute atomic E-state index is 0. The predicted octanol–water partition coefficient (Wildman–Crippen LogP) is 6.90. The van der Waals surface area contributed by atoms with E-state index in [0.29, 0.717) is 0 Å². The van der Waals surface area contributed by atoms with Crippen LogP contribution < -0.4 is 0 Å². The Kier molecular flexibility index (Phi) is 9.11. The normalized spacial score (nSPS) is 9.64. The Morgan fingerprint density at radius 3 is 1.68 bits per heavy atom.